The summed E-state index contributed by atoms with van der Waals surface area (Å²) in [7, 11) is 0. The molecule has 0 fully saturated rings. The van der Waals surface area contributed by atoms with Crippen molar-refractivity contribution in [3.8, 4) is 0 Å². The minimum absolute atomic E-state index is 0.184. The smallest absolute Gasteiger partial charge is 0.131 e. The van der Waals surface area contributed by atoms with Crippen LogP contribution in [0.2, 0.25) is 0 Å². The maximum Gasteiger partial charge on any atom is 0.131 e. The first kappa shape index (κ1) is 9.95. The second-order valence-corrected chi connectivity index (χ2v) is 3.08. The molecule has 0 aliphatic rings. The van der Waals surface area contributed by atoms with Gasteiger partial charge < -0.3 is 16.6 Å². The lowest BCUT2D eigenvalue weighted by molar-refractivity contribution is 0.149. The van der Waals surface area contributed by atoms with Crippen molar-refractivity contribution in [2.45, 2.75) is 19.1 Å². The summed E-state index contributed by atoms with van der Waals surface area (Å²) in [6.07, 6.45) is -0.986. The van der Waals surface area contributed by atoms with Gasteiger partial charge in [-0.25, -0.2) is 4.39 Å². The summed E-state index contributed by atoms with van der Waals surface area (Å²) in [4.78, 5) is 0. The van der Waals surface area contributed by atoms with Gasteiger partial charge in [-0.3, -0.25) is 0 Å². The average Bonchev–Trinajstić information content (AvgIpc) is 2.03. The molecule has 0 heterocycles. The van der Waals surface area contributed by atoms with Gasteiger partial charge in [0.2, 0.25) is 0 Å². The number of aliphatic hydroxyl groups excluding tert-OH is 1. The van der Waals surface area contributed by atoms with Crippen molar-refractivity contribution in [2.24, 2.45) is 5.73 Å². The van der Waals surface area contributed by atoms with Gasteiger partial charge >= 0.3 is 0 Å². The van der Waals surface area contributed by atoms with Gasteiger partial charge in [0.25, 0.3) is 0 Å². The van der Waals surface area contributed by atoms with E-state index in [2.05, 4.69) is 0 Å². The average molecular weight is 184 g/mol. The minimum atomic E-state index is -0.986. The Hall–Kier alpha value is -1.13. The molecule has 13 heavy (non-hydrogen) atoms. The molecule has 0 saturated carbocycles. The van der Waals surface area contributed by atoms with Crippen molar-refractivity contribution in [2.75, 3.05) is 5.73 Å². The maximum atomic E-state index is 13.2. The molecule has 0 saturated heterocycles. The van der Waals surface area contributed by atoms with Gasteiger partial charge in [0.05, 0.1) is 6.10 Å². The molecular formula is C9H13FN2O. The molecule has 0 amide bonds. The van der Waals surface area contributed by atoms with Gasteiger partial charge in [0, 0.05) is 17.3 Å². The molecule has 1 aromatic rings. The molecule has 0 aromatic heterocycles. The Labute approximate surface area is 76.2 Å². The number of hydrogen-bond acceptors (Lipinski definition) is 3. The van der Waals surface area contributed by atoms with E-state index in [9.17, 15) is 9.50 Å². The largest absolute Gasteiger partial charge is 0.399 e. The summed E-state index contributed by atoms with van der Waals surface area (Å²) in [5.41, 5.74) is 11.3. The summed E-state index contributed by atoms with van der Waals surface area (Å²) >= 11 is 0. The molecule has 72 valence electrons. The summed E-state index contributed by atoms with van der Waals surface area (Å²) in [6, 6.07) is 3.64. The Bertz CT molecular complexity index is 302. The number of halogens is 1. The van der Waals surface area contributed by atoms with Crippen molar-refractivity contribution in [3.05, 3.63) is 29.6 Å². The second-order valence-electron chi connectivity index (χ2n) is 3.08. The fourth-order valence-corrected chi connectivity index (χ4v) is 1.07. The van der Waals surface area contributed by atoms with E-state index in [-0.39, 0.29) is 5.56 Å². The van der Waals surface area contributed by atoms with E-state index in [4.69, 9.17) is 11.5 Å². The third-order valence-electron chi connectivity index (χ3n) is 1.84. The van der Waals surface area contributed by atoms with E-state index in [0.717, 1.165) is 0 Å². The minimum Gasteiger partial charge on any atom is -0.399 e. The van der Waals surface area contributed by atoms with Crippen LogP contribution in [0.5, 0.6) is 0 Å². The van der Waals surface area contributed by atoms with Crippen LogP contribution >= 0.6 is 0 Å². The topological polar surface area (TPSA) is 72.3 Å². The molecule has 0 unspecified atom stereocenters. The van der Waals surface area contributed by atoms with E-state index < -0.39 is 18.0 Å². The highest BCUT2D eigenvalue weighted by molar-refractivity contribution is 5.41. The molecule has 0 bridgehead atoms. The molecule has 4 heteroatoms. The zero-order chi connectivity index (χ0) is 10.0. The van der Waals surface area contributed by atoms with Crippen molar-refractivity contribution in [3.63, 3.8) is 0 Å². The third kappa shape index (κ3) is 2.17. The Balaban J connectivity index is 3.01. The predicted molar refractivity (Wildman–Crippen MR) is 49.4 cm³/mol. The van der Waals surface area contributed by atoms with E-state index in [1.165, 1.54) is 18.2 Å². The van der Waals surface area contributed by atoms with Gasteiger partial charge in [-0.05, 0) is 19.1 Å². The number of nitrogens with two attached hydrogens (primary N) is 2. The molecule has 5 N–H and O–H groups in total. The van der Waals surface area contributed by atoms with Crippen LogP contribution in [0.1, 0.15) is 18.6 Å². The fraction of sp³-hybridized carbons (Fsp3) is 0.333. The number of nitrogen functional groups attached to an aromatic ring is 1. The first-order valence-corrected chi connectivity index (χ1v) is 4.01. The number of anilines is 1. The Kier molecular flexibility index (Phi) is 2.85. The summed E-state index contributed by atoms with van der Waals surface area (Å²) in [6.45, 7) is 1.61. The van der Waals surface area contributed by atoms with Gasteiger partial charge in [0.15, 0.2) is 0 Å². The molecule has 0 aliphatic carbocycles. The molecule has 3 nitrogen and oxygen atoms in total. The number of rotatable bonds is 2. The van der Waals surface area contributed by atoms with Crippen LogP contribution in [0.3, 0.4) is 0 Å². The highest BCUT2D eigenvalue weighted by atomic mass is 19.1. The first-order chi connectivity index (χ1) is 6.02. The van der Waals surface area contributed by atoms with Gasteiger partial charge in [-0.2, -0.15) is 0 Å². The van der Waals surface area contributed by atoms with Crippen molar-refractivity contribution < 1.29 is 9.50 Å². The molecule has 0 spiro atoms. The van der Waals surface area contributed by atoms with Crippen LogP contribution in [0.4, 0.5) is 10.1 Å². The highest BCUT2D eigenvalue weighted by Crippen LogP contribution is 2.20. The van der Waals surface area contributed by atoms with E-state index >= 15 is 0 Å². The fourth-order valence-electron chi connectivity index (χ4n) is 1.07. The van der Waals surface area contributed by atoms with Crippen LogP contribution in [0.25, 0.3) is 0 Å². The molecule has 0 aliphatic heterocycles. The van der Waals surface area contributed by atoms with Crippen molar-refractivity contribution in [1.82, 2.24) is 0 Å². The lowest BCUT2D eigenvalue weighted by Gasteiger charge is -2.15. The van der Waals surface area contributed by atoms with E-state index in [1.807, 2.05) is 0 Å². The van der Waals surface area contributed by atoms with E-state index in [0.29, 0.717) is 5.69 Å². The summed E-state index contributed by atoms with van der Waals surface area (Å²) < 4.78 is 13.2. The molecule has 1 aromatic carbocycles. The Morgan fingerprint density at radius 2 is 2.08 bits per heavy atom. The Morgan fingerprint density at radius 1 is 1.46 bits per heavy atom. The lowest BCUT2D eigenvalue weighted by atomic mass is 10.0. The number of hydrogen-bond donors (Lipinski definition) is 3. The standard InChI is InChI=1S/C9H13FN2O/c1-5(11)9(13)7-3-2-6(12)4-8(7)10/h2-5,9,13H,11-12H2,1H3/t5-,9-/m1/s1. The number of aliphatic hydroxyl groups is 1. The zero-order valence-corrected chi connectivity index (χ0v) is 7.37. The van der Waals surface area contributed by atoms with Crippen LogP contribution in [0, 0.1) is 5.82 Å². The molecule has 1 rings (SSSR count). The molecular weight excluding hydrogens is 171 g/mol. The van der Waals surface area contributed by atoms with Gasteiger partial charge in [0.1, 0.15) is 5.82 Å². The first-order valence-electron chi connectivity index (χ1n) is 4.01. The van der Waals surface area contributed by atoms with Crippen LogP contribution < -0.4 is 11.5 Å². The van der Waals surface area contributed by atoms with Crippen molar-refractivity contribution >= 4 is 5.69 Å². The quantitative estimate of drug-likeness (QED) is 0.595. The lowest BCUT2D eigenvalue weighted by Crippen LogP contribution is -2.25. The maximum absolute atomic E-state index is 13.2. The molecule has 0 radical (unpaired) electrons. The monoisotopic (exact) mass is 184 g/mol. The summed E-state index contributed by atoms with van der Waals surface area (Å²) in [5, 5.41) is 9.46. The van der Waals surface area contributed by atoms with E-state index in [1.54, 1.807) is 6.92 Å². The summed E-state index contributed by atoms with van der Waals surface area (Å²) in [5.74, 6) is -0.523. The molecule has 2 atom stereocenters. The van der Waals surface area contributed by atoms with Gasteiger partial charge in [-0.1, -0.05) is 6.07 Å². The highest BCUT2D eigenvalue weighted by Gasteiger charge is 2.16. The third-order valence-corrected chi connectivity index (χ3v) is 1.84. The second kappa shape index (κ2) is 3.72. The normalized spacial score (nSPS) is 15.4. The number of benzene rings is 1. The Morgan fingerprint density at radius 3 is 2.54 bits per heavy atom. The van der Waals surface area contributed by atoms with Crippen LogP contribution in [-0.2, 0) is 0 Å². The van der Waals surface area contributed by atoms with Crippen molar-refractivity contribution in [1.29, 1.82) is 0 Å². The van der Waals surface area contributed by atoms with Gasteiger partial charge in [-0.15, -0.1) is 0 Å². The predicted octanol–water partition coefficient (Wildman–Crippen LogP) is 0.789. The zero-order valence-electron chi connectivity index (χ0n) is 7.37. The van der Waals surface area contributed by atoms with Crippen LogP contribution in [-0.4, -0.2) is 11.1 Å². The SMILES string of the molecule is C[C@@H](N)[C@@H](O)c1ccc(N)cc1F. The van der Waals surface area contributed by atoms with Crippen LogP contribution in [0.15, 0.2) is 18.2 Å².